The fourth-order valence-corrected chi connectivity index (χ4v) is 3.57. The van der Waals surface area contributed by atoms with E-state index in [1.165, 1.54) is 32.1 Å². The summed E-state index contributed by atoms with van der Waals surface area (Å²) in [5.41, 5.74) is 1.80. The van der Waals surface area contributed by atoms with Crippen LogP contribution in [0.15, 0.2) is 12.1 Å². The summed E-state index contributed by atoms with van der Waals surface area (Å²) in [6.07, 6.45) is 6.86. The molecule has 0 aliphatic heterocycles. The molecule has 2 bridgehead atoms. The van der Waals surface area contributed by atoms with Crippen LogP contribution >= 0.6 is 0 Å². The molecule has 0 saturated heterocycles. The summed E-state index contributed by atoms with van der Waals surface area (Å²) in [6.45, 7) is 1.99. The van der Waals surface area contributed by atoms with Gasteiger partial charge in [-0.05, 0) is 49.7 Å². The quantitative estimate of drug-likeness (QED) is 0.893. The lowest BCUT2D eigenvalue weighted by atomic mass is 9.87. The van der Waals surface area contributed by atoms with E-state index in [4.69, 9.17) is 4.74 Å². The molecule has 1 aromatic rings. The van der Waals surface area contributed by atoms with E-state index >= 15 is 0 Å². The van der Waals surface area contributed by atoms with Crippen molar-refractivity contribution in [2.45, 2.75) is 51.7 Å². The van der Waals surface area contributed by atoms with Gasteiger partial charge in [0, 0.05) is 11.8 Å². The number of aliphatic hydroxyl groups excluding tert-OH is 1. The molecule has 2 saturated carbocycles. The van der Waals surface area contributed by atoms with Crippen LogP contribution in [0.3, 0.4) is 0 Å². The Bertz CT molecular complexity index is 421. The lowest BCUT2D eigenvalue weighted by molar-refractivity contribution is 0.113. The van der Waals surface area contributed by atoms with Crippen molar-refractivity contribution in [1.29, 1.82) is 0 Å². The minimum absolute atomic E-state index is 0.0512. The highest BCUT2D eigenvalue weighted by Crippen LogP contribution is 2.42. The first-order valence-electron chi connectivity index (χ1n) is 6.98. The number of pyridine rings is 1. The largest absolute Gasteiger partial charge is 0.474 e. The Kier molecular flexibility index (Phi) is 3.25. The molecule has 3 heteroatoms. The predicted molar refractivity (Wildman–Crippen MR) is 69.4 cm³/mol. The molecule has 1 unspecified atom stereocenters. The van der Waals surface area contributed by atoms with Gasteiger partial charge in [-0.15, -0.1) is 0 Å². The van der Waals surface area contributed by atoms with E-state index in [-0.39, 0.29) is 6.61 Å². The van der Waals surface area contributed by atoms with Crippen molar-refractivity contribution in [3.05, 3.63) is 23.4 Å². The number of hydrogen-bond acceptors (Lipinski definition) is 3. The van der Waals surface area contributed by atoms with Gasteiger partial charge in [-0.2, -0.15) is 0 Å². The molecule has 0 aromatic carbocycles. The van der Waals surface area contributed by atoms with Crippen molar-refractivity contribution >= 4 is 0 Å². The number of nitrogens with zero attached hydrogens (tertiary/aromatic N) is 1. The number of fused-ring (bicyclic) bond motifs is 2. The minimum atomic E-state index is 0.0512. The second-order valence-corrected chi connectivity index (χ2v) is 5.87. The summed E-state index contributed by atoms with van der Waals surface area (Å²) in [5.74, 6) is 2.43. The molecule has 98 valence electrons. The zero-order chi connectivity index (χ0) is 12.5. The van der Waals surface area contributed by atoms with Gasteiger partial charge in [-0.1, -0.05) is 12.8 Å². The highest BCUT2D eigenvalue weighted by molar-refractivity contribution is 5.24. The fourth-order valence-electron chi connectivity index (χ4n) is 3.57. The van der Waals surface area contributed by atoms with Gasteiger partial charge in [-0.3, -0.25) is 0 Å². The Morgan fingerprint density at radius 1 is 1.22 bits per heavy atom. The van der Waals surface area contributed by atoms with Crippen LogP contribution in [0.1, 0.15) is 43.4 Å². The van der Waals surface area contributed by atoms with Crippen molar-refractivity contribution in [3.63, 3.8) is 0 Å². The smallest absolute Gasteiger partial charge is 0.214 e. The molecule has 0 radical (unpaired) electrons. The first-order valence-corrected chi connectivity index (χ1v) is 6.98. The van der Waals surface area contributed by atoms with E-state index in [0.29, 0.717) is 12.0 Å². The molecule has 2 aliphatic rings. The summed E-state index contributed by atoms with van der Waals surface area (Å²) in [5, 5.41) is 9.20. The molecule has 1 heterocycles. The SMILES string of the molecule is Cc1cc(CO)cc(OC2C[C@H]3CC[C@@H](C2)C3)n1. The van der Waals surface area contributed by atoms with Gasteiger partial charge in [0.05, 0.1) is 6.61 Å². The van der Waals surface area contributed by atoms with Gasteiger partial charge < -0.3 is 9.84 Å². The standard InChI is InChI=1S/C15H21NO2/c1-10-4-13(9-17)8-15(16-10)18-14-6-11-2-3-12(5-11)7-14/h4,8,11-12,14,17H,2-3,5-7,9H2,1H3/t11-,12+,14?. The average molecular weight is 247 g/mol. The Morgan fingerprint density at radius 3 is 2.61 bits per heavy atom. The normalized spacial score (nSPS) is 30.4. The third kappa shape index (κ3) is 2.51. The predicted octanol–water partition coefficient (Wildman–Crippen LogP) is 2.84. The minimum Gasteiger partial charge on any atom is -0.474 e. The molecule has 1 N–H and O–H groups in total. The maximum Gasteiger partial charge on any atom is 0.214 e. The van der Waals surface area contributed by atoms with Crippen LogP contribution in [-0.2, 0) is 6.61 Å². The lowest BCUT2D eigenvalue weighted by Crippen LogP contribution is -2.26. The molecule has 2 aliphatic carbocycles. The third-order valence-electron chi connectivity index (χ3n) is 4.30. The first-order chi connectivity index (χ1) is 8.72. The molecular formula is C15H21NO2. The van der Waals surface area contributed by atoms with E-state index in [1.54, 1.807) is 0 Å². The van der Waals surface area contributed by atoms with Crippen LogP contribution in [-0.4, -0.2) is 16.2 Å². The van der Waals surface area contributed by atoms with Crippen molar-refractivity contribution in [3.8, 4) is 5.88 Å². The molecule has 3 nitrogen and oxygen atoms in total. The lowest BCUT2D eigenvalue weighted by Gasteiger charge is -2.28. The molecule has 18 heavy (non-hydrogen) atoms. The molecule has 1 aromatic heterocycles. The number of aliphatic hydroxyl groups is 1. The van der Waals surface area contributed by atoms with Gasteiger partial charge in [0.1, 0.15) is 6.10 Å². The zero-order valence-corrected chi connectivity index (χ0v) is 10.9. The number of hydrogen-bond donors (Lipinski definition) is 1. The van der Waals surface area contributed by atoms with Crippen LogP contribution in [0.4, 0.5) is 0 Å². The zero-order valence-electron chi connectivity index (χ0n) is 10.9. The van der Waals surface area contributed by atoms with E-state index < -0.39 is 0 Å². The van der Waals surface area contributed by atoms with Crippen molar-refractivity contribution in [2.75, 3.05) is 0 Å². The summed E-state index contributed by atoms with van der Waals surface area (Å²) in [4.78, 5) is 4.41. The van der Waals surface area contributed by atoms with E-state index in [9.17, 15) is 5.11 Å². The van der Waals surface area contributed by atoms with E-state index in [1.807, 2.05) is 19.1 Å². The number of rotatable bonds is 3. The molecule has 3 atom stereocenters. The Labute approximate surface area is 108 Å². The topological polar surface area (TPSA) is 42.4 Å². The van der Waals surface area contributed by atoms with Crippen LogP contribution in [0.25, 0.3) is 0 Å². The second kappa shape index (κ2) is 4.88. The third-order valence-corrected chi connectivity index (χ3v) is 4.30. The molecule has 0 amide bonds. The number of aryl methyl sites for hydroxylation is 1. The monoisotopic (exact) mass is 247 g/mol. The molecule has 0 spiro atoms. The van der Waals surface area contributed by atoms with Gasteiger partial charge in [0.2, 0.25) is 5.88 Å². The van der Waals surface area contributed by atoms with Crippen molar-refractivity contribution < 1.29 is 9.84 Å². The van der Waals surface area contributed by atoms with E-state index in [2.05, 4.69) is 4.98 Å². The van der Waals surface area contributed by atoms with Crippen molar-refractivity contribution in [2.24, 2.45) is 11.8 Å². The van der Waals surface area contributed by atoms with Crippen LogP contribution in [0.5, 0.6) is 5.88 Å². The van der Waals surface area contributed by atoms with E-state index in [0.717, 1.165) is 23.1 Å². The van der Waals surface area contributed by atoms with Gasteiger partial charge in [0.25, 0.3) is 0 Å². The van der Waals surface area contributed by atoms with Crippen LogP contribution in [0, 0.1) is 18.8 Å². The summed E-state index contributed by atoms with van der Waals surface area (Å²) >= 11 is 0. The molecule has 3 rings (SSSR count). The average Bonchev–Trinajstić information content (AvgIpc) is 2.68. The van der Waals surface area contributed by atoms with Gasteiger partial charge in [-0.25, -0.2) is 4.98 Å². The highest BCUT2D eigenvalue weighted by Gasteiger charge is 2.35. The van der Waals surface area contributed by atoms with Crippen LogP contribution in [0.2, 0.25) is 0 Å². The van der Waals surface area contributed by atoms with Gasteiger partial charge >= 0.3 is 0 Å². The Morgan fingerprint density at radius 2 is 1.94 bits per heavy atom. The Balaban J connectivity index is 1.70. The molecular weight excluding hydrogens is 226 g/mol. The van der Waals surface area contributed by atoms with Gasteiger partial charge in [0.15, 0.2) is 0 Å². The number of aromatic nitrogens is 1. The summed E-state index contributed by atoms with van der Waals surface area (Å²) in [7, 11) is 0. The Hall–Kier alpha value is -1.09. The molecule has 2 fully saturated rings. The second-order valence-electron chi connectivity index (χ2n) is 5.87. The van der Waals surface area contributed by atoms with Crippen molar-refractivity contribution in [1.82, 2.24) is 4.98 Å². The number of ether oxygens (including phenoxy) is 1. The highest BCUT2D eigenvalue weighted by atomic mass is 16.5. The summed E-state index contributed by atoms with van der Waals surface area (Å²) < 4.78 is 6.04. The van der Waals surface area contributed by atoms with Crippen LogP contribution < -0.4 is 4.74 Å². The first kappa shape index (κ1) is 12.0. The summed E-state index contributed by atoms with van der Waals surface area (Å²) in [6, 6.07) is 3.76. The maximum atomic E-state index is 9.20. The maximum absolute atomic E-state index is 9.20. The fraction of sp³-hybridized carbons (Fsp3) is 0.667.